The summed E-state index contributed by atoms with van der Waals surface area (Å²) >= 11 is 0. The van der Waals surface area contributed by atoms with Crippen molar-refractivity contribution < 1.29 is 9.44 Å². The van der Waals surface area contributed by atoms with Gasteiger partial charge < -0.3 is 9.64 Å². The monoisotopic (exact) mass is 195 g/mol. The van der Waals surface area contributed by atoms with E-state index >= 15 is 0 Å². The summed E-state index contributed by atoms with van der Waals surface area (Å²) in [5.74, 6) is 0. The number of halogens is 1. The van der Waals surface area contributed by atoms with Crippen LogP contribution in [0.5, 0.6) is 0 Å². The lowest BCUT2D eigenvalue weighted by Crippen LogP contribution is -2.10. The summed E-state index contributed by atoms with van der Waals surface area (Å²) in [6, 6.07) is 0. The molecule has 0 amide bonds. The van der Waals surface area contributed by atoms with Crippen LogP contribution in [-0.2, 0) is 4.74 Å². The van der Waals surface area contributed by atoms with Gasteiger partial charge in [0.05, 0.1) is 0 Å². The number of hydrogen-bond donors (Lipinski definition) is 0. The Morgan fingerprint density at radius 3 is 1.54 bits per heavy atom. The number of ether oxygens (including phenoxy) is 1. The maximum Gasteiger partial charge on any atom is 0.0433 e. The van der Waals surface area contributed by atoms with E-state index in [1.807, 2.05) is 20.8 Å². The van der Waals surface area contributed by atoms with Crippen LogP contribution in [0.25, 0.3) is 0 Å². The Bertz CT molecular complexity index is 63.9. The van der Waals surface area contributed by atoms with E-state index in [-0.39, 0.29) is 4.70 Å². The van der Waals surface area contributed by atoms with E-state index in [2.05, 4.69) is 16.7 Å². The van der Waals surface area contributed by atoms with Gasteiger partial charge in [-0.1, -0.05) is 13.8 Å². The molecule has 2 nitrogen and oxygen atoms in total. The smallest absolute Gasteiger partial charge is 0.0433 e. The maximum atomic E-state index is 4.54. The molecule has 0 aliphatic carbocycles. The summed E-state index contributed by atoms with van der Waals surface area (Å²) in [5, 5.41) is 0. The van der Waals surface area contributed by atoms with E-state index < -0.39 is 0 Å². The molecule has 13 heavy (non-hydrogen) atoms. The molecular weight excluding hydrogens is 169 g/mol. The molecule has 0 aromatic rings. The van der Waals surface area contributed by atoms with Crippen LogP contribution in [0.4, 0.5) is 4.70 Å². The molecule has 1 rings (SSSR count). The predicted octanol–water partition coefficient (Wildman–Crippen LogP) is 2.54. The third-order valence-corrected chi connectivity index (χ3v) is 1.62. The molecule has 1 fully saturated rings. The summed E-state index contributed by atoms with van der Waals surface area (Å²) < 4.78 is 4.54. The molecule has 1 aliphatic rings. The standard InChI is InChI=1S/C5H11N.C3H8O.C2H6.FH/c1-6-4-2-3-5-6;1-3-4-2;1-2;/h2-5H2,1H3;3H2,1-2H3;1-2H3;1H. The van der Waals surface area contributed by atoms with Crippen molar-refractivity contribution in [2.75, 3.05) is 33.9 Å². The number of likely N-dealkylation sites (tertiary alicyclic amines) is 1. The molecule has 84 valence electrons. The normalized spacial score (nSPS) is 14.5. The first-order valence-electron chi connectivity index (χ1n) is 4.98. The minimum atomic E-state index is 0. The molecule has 0 unspecified atom stereocenters. The van der Waals surface area contributed by atoms with Gasteiger partial charge in [-0.15, -0.1) is 0 Å². The topological polar surface area (TPSA) is 12.5 Å². The zero-order chi connectivity index (χ0) is 9.82. The Balaban J connectivity index is -0.000000128. The van der Waals surface area contributed by atoms with Crippen molar-refractivity contribution in [3.63, 3.8) is 0 Å². The van der Waals surface area contributed by atoms with Crippen LogP contribution in [0.2, 0.25) is 0 Å². The van der Waals surface area contributed by atoms with Gasteiger partial charge >= 0.3 is 0 Å². The number of nitrogens with zero attached hydrogens (tertiary/aromatic N) is 1. The fraction of sp³-hybridized carbons (Fsp3) is 1.00. The summed E-state index contributed by atoms with van der Waals surface area (Å²) in [7, 11) is 3.85. The first-order chi connectivity index (χ1) is 5.81. The summed E-state index contributed by atoms with van der Waals surface area (Å²) in [4.78, 5) is 2.36. The lowest BCUT2D eigenvalue weighted by molar-refractivity contribution is 0.215. The van der Waals surface area contributed by atoms with Gasteiger partial charge in [0.2, 0.25) is 0 Å². The van der Waals surface area contributed by atoms with Gasteiger partial charge in [-0.2, -0.15) is 0 Å². The van der Waals surface area contributed by atoms with Crippen LogP contribution in [0.15, 0.2) is 0 Å². The lowest BCUT2D eigenvalue weighted by atomic mass is 10.4. The molecular formula is C10H26FNO. The second kappa shape index (κ2) is 17.8. The van der Waals surface area contributed by atoms with Gasteiger partial charge in [-0.05, 0) is 39.9 Å². The van der Waals surface area contributed by atoms with Gasteiger partial charge in [0.1, 0.15) is 0 Å². The van der Waals surface area contributed by atoms with Crippen molar-refractivity contribution in [1.29, 1.82) is 0 Å². The molecule has 0 N–H and O–H groups in total. The van der Waals surface area contributed by atoms with E-state index in [4.69, 9.17) is 0 Å². The van der Waals surface area contributed by atoms with Crippen LogP contribution in [0.1, 0.15) is 33.6 Å². The van der Waals surface area contributed by atoms with E-state index in [9.17, 15) is 0 Å². The molecule has 0 aromatic heterocycles. The van der Waals surface area contributed by atoms with Crippen molar-refractivity contribution >= 4 is 0 Å². The van der Waals surface area contributed by atoms with E-state index in [1.165, 1.54) is 25.9 Å². The molecule has 1 heterocycles. The molecule has 0 radical (unpaired) electrons. The predicted molar refractivity (Wildman–Crippen MR) is 58.1 cm³/mol. The second-order valence-electron chi connectivity index (χ2n) is 2.59. The van der Waals surface area contributed by atoms with Crippen molar-refractivity contribution in [3.8, 4) is 0 Å². The van der Waals surface area contributed by atoms with Crippen LogP contribution < -0.4 is 0 Å². The maximum absolute atomic E-state index is 4.54. The van der Waals surface area contributed by atoms with E-state index in [0.29, 0.717) is 0 Å². The molecule has 0 bridgehead atoms. The van der Waals surface area contributed by atoms with Crippen molar-refractivity contribution in [3.05, 3.63) is 0 Å². The Morgan fingerprint density at radius 2 is 1.46 bits per heavy atom. The summed E-state index contributed by atoms with van der Waals surface area (Å²) in [5.41, 5.74) is 0. The van der Waals surface area contributed by atoms with Crippen LogP contribution in [0.3, 0.4) is 0 Å². The van der Waals surface area contributed by atoms with E-state index in [0.717, 1.165) is 6.61 Å². The zero-order valence-electron chi connectivity index (χ0n) is 9.80. The second-order valence-corrected chi connectivity index (χ2v) is 2.59. The lowest BCUT2D eigenvalue weighted by Gasteiger charge is -2.01. The Hall–Kier alpha value is -0.150. The minimum absolute atomic E-state index is 0. The van der Waals surface area contributed by atoms with Gasteiger partial charge in [-0.3, -0.25) is 4.70 Å². The minimum Gasteiger partial charge on any atom is -0.385 e. The SMILES string of the molecule is CC.CCOC.CN1CCCC1.F. The largest absolute Gasteiger partial charge is 0.385 e. The third kappa shape index (κ3) is 18.7. The average molecular weight is 195 g/mol. The van der Waals surface area contributed by atoms with Crippen molar-refractivity contribution in [1.82, 2.24) is 4.90 Å². The molecule has 1 saturated heterocycles. The Labute approximate surface area is 82.6 Å². The van der Waals surface area contributed by atoms with Crippen molar-refractivity contribution in [2.45, 2.75) is 33.6 Å². The van der Waals surface area contributed by atoms with Gasteiger partial charge in [0.25, 0.3) is 0 Å². The summed E-state index contributed by atoms with van der Waals surface area (Å²) in [6.07, 6.45) is 2.83. The van der Waals surface area contributed by atoms with Gasteiger partial charge in [0, 0.05) is 13.7 Å². The van der Waals surface area contributed by atoms with Crippen LogP contribution in [0, 0.1) is 0 Å². The zero-order valence-corrected chi connectivity index (χ0v) is 9.80. The highest BCUT2D eigenvalue weighted by molar-refractivity contribution is 4.59. The highest BCUT2D eigenvalue weighted by Crippen LogP contribution is 2.01. The average Bonchev–Trinajstić information content (AvgIpc) is 2.60. The highest BCUT2D eigenvalue weighted by atomic mass is 19.0. The molecule has 3 heteroatoms. The van der Waals surface area contributed by atoms with Crippen molar-refractivity contribution in [2.24, 2.45) is 0 Å². The Kier molecular flexibility index (Phi) is 25.5. The molecule has 1 aliphatic heterocycles. The molecule has 0 aromatic carbocycles. The fourth-order valence-corrected chi connectivity index (χ4v) is 0.875. The quantitative estimate of drug-likeness (QED) is 0.637. The number of hydrogen-bond acceptors (Lipinski definition) is 2. The highest BCUT2D eigenvalue weighted by Gasteiger charge is 2.03. The summed E-state index contributed by atoms with van der Waals surface area (Å²) in [6.45, 7) is 9.42. The molecule has 0 atom stereocenters. The fourth-order valence-electron chi connectivity index (χ4n) is 0.875. The van der Waals surface area contributed by atoms with Crippen LogP contribution in [-0.4, -0.2) is 38.8 Å². The number of rotatable bonds is 1. The Morgan fingerprint density at radius 1 is 1.15 bits per heavy atom. The van der Waals surface area contributed by atoms with E-state index in [1.54, 1.807) is 7.11 Å². The number of methoxy groups -OCH3 is 1. The molecule has 0 saturated carbocycles. The first kappa shape index (κ1) is 18.6. The van der Waals surface area contributed by atoms with Gasteiger partial charge in [-0.25, -0.2) is 0 Å². The first-order valence-corrected chi connectivity index (χ1v) is 4.98. The third-order valence-electron chi connectivity index (χ3n) is 1.62. The van der Waals surface area contributed by atoms with Crippen LogP contribution >= 0.6 is 0 Å². The molecule has 0 spiro atoms. The van der Waals surface area contributed by atoms with Gasteiger partial charge in [0.15, 0.2) is 0 Å².